The van der Waals surface area contributed by atoms with Crippen molar-refractivity contribution in [2.45, 2.75) is 34.1 Å². The first kappa shape index (κ1) is 21.4. The maximum absolute atomic E-state index is 13.2. The second-order valence-electron chi connectivity index (χ2n) is 8.04. The van der Waals surface area contributed by atoms with Crippen molar-refractivity contribution in [2.75, 3.05) is 5.32 Å². The maximum atomic E-state index is 13.2. The smallest absolute Gasteiger partial charge is 0.230 e. The summed E-state index contributed by atoms with van der Waals surface area (Å²) in [4.78, 5) is 17.3. The SMILES string of the molecule is Cc1cc(C)cc(CC(C)(C)C(=O)Nc2cnc(Cl)cc2-c2ccccc2Cl)c1. The first-order chi connectivity index (χ1) is 13.7. The Morgan fingerprint density at radius 1 is 1.00 bits per heavy atom. The van der Waals surface area contributed by atoms with Crippen LogP contribution < -0.4 is 5.32 Å². The summed E-state index contributed by atoms with van der Waals surface area (Å²) in [6.45, 7) is 8.02. The Bertz CT molecular complexity index is 1040. The van der Waals surface area contributed by atoms with Crippen LogP contribution in [-0.4, -0.2) is 10.9 Å². The molecule has 1 aromatic heterocycles. The molecule has 0 bridgehead atoms. The van der Waals surface area contributed by atoms with Gasteiger partial charge in [0.25, 0.3) is 0 Å². The first-order valence-corrected chi connectivity index (χ1v) is 10.2. The van der Waals surface area contributed by atoms with Gasteiger partial charge in [-0.05, 0) is 38.0 Å². The number of amides is 1. The van der Waals surface area contributed by atoms with Crippen molar-refractivity contribution < 1.29 is 4.79 Å². The van der Waals surface area contributed by atoms with E-state index in [0.717, 1.165) is 16.7 Å². The molecule has 0 aliphatic heterocycles. The maximum Gasteiger partial charge on any atom is 0.230 e. The second-order valence-corrected chi connectivity index (χ2v) is 8.84. The van der Waals surface area contributed by atoms with Crippen LogP contribution in [0.5, 0.6) is 0 Å². The zero-order valence-electron chi connectivity index (χ0n) is 17.0. The van der Waals surface area contributed by atoms with Gasteiger partial charge in [-0.2, -0.15) is 0 Å². The lowest BCUT2D eigenvalue weighted by molar-refractivity contribution is -0.123. The zero-order valence-corrected chi connectivity index (χ0v) is 18.5. The fourth-order valence-electron chi connectivity index (χ4n) is 3.49. The Morgan fingerprint density at radius 3 is 2.31 bits per heavy atom. The normalized spacial score (nSPS) is 11.4. The third-order valence-corrected chi connectivity index (χ3v) is 5.36. The molecular formula is C24H24Cl2N2O. The molecule has 3 rings (SSSR count). The largest absolute Gasteiger partial charge is 0.324 e. The van der Waals surface area contributed by atoms with E-state index in [4.69, 9.17) is 23.2 Å². The van der Waals surface area contributed by atoms with E-state index < -0.39 is 5.41 Å². The molecule has 1 heterocycles. The number of aromatic nitrogens is 1. The number of halogens is 2. The fourth-order valence-corrected chi connectivity index (χ4v) is 3.88. The van der Waals surface area contributed by atoms with Gasteiger partial charge in [0.1, 0.15) is 5.15 Å². The highest BCUT2D eigenvalue weighted by atomic mass is 35.5. The minimum Gasteiger partial charge on any atom is -0.324 e. The predicted octanol–water partition coefficient (Wildman–Crippen LogP) is 6.88. The van der Waals surface area contributed by atoms with Crippen molar-refractivity contribution >= 4 is 34.8 Å². The molecule has 0 atom stereocenters. The van der Waals surface area contributed by atoms with Crippen molar-refractivity contribution in [1.29, 1.82) is 0 Å². The minimum absolute atomic E-state index is 0.0888. The number of hydrogen-bond donors (Lipinski definition) is 1. The molecule has 1 N–H and O–H groups in total. The molecule has 0 saturated carbocycles. The molecule has 150 valence electrons. The molecule has 0 radical (unpaired) electrons. The number of anilines is 1. The van der Waals surface area contributed by atoms with Crippen molar-refractivity contribution in [3.8, 4) is 11.1 Å². The third-order valence-electron chi connectivity index (χ3n) is 4.83. The van der Waals surface area contributed by atoms with Crippen LogP contribution >= 0.6 is 23.2 Å². The summed E-state index contributed by atoms with van der Waals surface area (Å²) in [6.07, 6.45) is 2.20. The Hall–Kier alpha value is -2.36. The molecule has 29 heavy (non-hydrogen) atoms. The standard InChI is InChI=1S/C24H24Cl2N2O/c1-15-9-16(2)11-17(10-15)13-24(3,4)23(29)28-21-14-27-22(26)12-19(21)18-7-5-6-8-20(18)25/h5-12,14H,13H2,1-4H3,(H,28,29). The molecule has 0 unspecified atom stereocenters. The van der Waals surface area contributed by atoms with Crippen LogP contribution in [0.2, 0.25) is 10.2 Å². The summed E-state index contributed by atoms with van der Waals surface area (Å²) >= 11 is 12.5. The molecule has 2 aromatic carbocycles. The number of aryl methyl sites for hydroxylation is 2. The van der Waals surface area contributed by atoms with Gasteiger partial charge >= 0.3 is 0 Å². The van der Waals surface area contributed by atoms with Crippen LogP contribution in [0, 0.1) is 19.3 Å². The van der Waals surface area contributed by atoms with Crippen LogP contribution in [0.15, 0.2) is 54.7 Å². The summed E-state index contributed by atoms with van der Waals surface area (Å²) < 4.78 is 0. The van der Waals surface area contributed by atoms with E-state index in [1.165, 1.54) is 11.1 Å². The zero-order chi connectivity index (χ0) is 21.2. The lowest BCUT2D eigenvalue weighted by Crippen LogP contribution is -2.33. The molecule has 0 saturated heterocycles. The number of hydrogen-bond acceptors (Lipinski definition) is 2. The Kier molecular flexibility index (Phi) is 6.30. The van der Waals surface area contributed by atoms with Crippen molar-refractivity contribution in [3.05, 3.63) is 81.6 Å². The van der Waals surface area contributed by atoms with Crippen LogP contribution in [0.25, 0.3) is 11.1 Å². The summed E-state index contributed by atoms with van der Waals surface area (Å²) in [5, 5.41) is 3.96. The number of nitrogens with one attached hydrogen (secondary N) is 1. The summed E-state index contributed by atoms with van der Waals surface area (Å²) in [5.41, 5.74) is 5.03. The van der Waals surface area contributed by atoms with Crippen LogP contribution in [0.1, 0.15) is 30.5 Å². The number of rotatable bonds is 5. The van der Waals surface area contributed by atoms with Gasteiger partial charge in [0.15, 0.2) is 0 Å². The van der Waals surface area contributed by atoms with E-state index in [1.807, 2.05) is 32.0 Å². The number of carbonyl (C=O) groups is 1. The number of benzene rings is 2. The monoisotopic (exact) mass is 426 g/mol. The molecule has 0 aliphatic rings. The lowest BCUT2D eigenvalue weighted by atomic mass is 9.84. The second kappa shape index (κ2) is 8.56. The number of nitrogens with zero attached hydrogens (tertiary/aromatic N) is 1. The van der Waals surface area contributed by atoms with Crippen molar-refractivity contribution in [1.82, 2.24) is 4.98 Å². The third kappa shape index (κ3) is 5.17. The van der Waals surface area contributed by atoms with Gasteiger partial charge in [-0.3, -0.25) is 4.79 Å². The number of carbonyl (C=O) groups excluding carboxylic acids is 1. The van der Waals surface area contributed by atoms with E-state index in [9.17, 15) is 4.79 Å². The van der Waals surface area contributed by atoms with E-state index in [2.05, 4.69) is 42.3 Å². The van der Waals surface area contributed by atoms with Gasteiger partial charge in [0.05, 0.1) is 11.9 Å². The topological polar surface area (TPSA) is 42.0 Å². The molecule has 0 fully saturated rings. The summed E-state index contributed by atoms with van der Waals surface area (Å²) in [6, 6.07) is 15.6. The Balaban J connectivity index is 1.89. The van der Waals surface area contributed by atoms with E-state index >= 15 is 0 Å². The highest BCUT2D eigenvalue weighted by molar-refractivity contribution is 6.34. The Morgan fingerprint density at radius 2 is 1.66 bits per heavy atom. The predicted molar refractivity (Wildman–Crippen MR) is 122 cm³/mol. The van der Waals surface area contributed by atoms with Crippen molar-refractivity contribution in [2.24, 2.45) is 5.41 Å². The summed E-state index contributed by atoms with van der Waals surface area (Å²) in [5.74, 6) is -0.0888. The van der Waals surface area contributed by atoms with Gasteiger partial charge in [-0.1, -0.05) is 84.6 Å². The molecular weight excluding hydrogens is 403 g/mol. The van der Waals surface area contributed by atoms with E-state index in [-0.39, 0.29) is 5.91 Å². The van der Waals surface area contributed by atoms with Gasteiger partial charge in [-0.25, -0.2) is 4.98 Å². The highest BCUT2D eigenvalue weighted by Crippen LogP contribution is 2.35. The fraction of sp³-hybridized carbons (Fsp3) is 0.250. The molecule has 0 aliphatic carbocycles. The molecule has 3 aromatic rings. The average Bonchev–Trinajstić information content (AvgIpc) is 2.62. The summed E-state index contributed by atoms with van der Waals surface area (Å²) in [7, 11) is 0. The van der Waals surface area contributed by atoms with Crippen molar-refractivity contribution in [3.63, 3.8) is 0 Å². The minimum atomic E-state index is -0.613. The van der Waals surface area contributed by atoms with Crippen LogP contribution in [-0.2, 0) is 11.2 Å². The first-order valence-electron chi connectivity index (χ1n) is 9.45. The molecule has 5 heteroatoms. The van der Waals surface area contributed by atoms with Gasteiger partial charge in [0.2, 0.25) is 5.91 Å². The molecule has 0 spiro atoms. The van der Waals surface area contributed by atoms with Gasteiger partial charge in [-0.15, -0.1) is 0 Å². The quantitative estimate of drug-likeness (QED) is 0.451. The molecule has 1 amide bonds. The van der Waals surface area contributed by atoms with Gasteiger partial charge < -0.3 is 5.32 Å². The highest BCUT2D eigenvalue weighted by Gasteiger charge is 2.29. The van der Waals surface area contributed by atoms with Gasteiger partial charge in [0, 0.05) is 21.6 Å². The number of pyridine rings is 1. The molecule has 3 nitrogen and oxygen atoms in total. The van der Waals surface area contributed by atoms with Crippen LogP contribution in [0.3, 0.4) is 0 Å². The van der Waals surface area contributed by atoms with E-state index in [0.29, 0.717) is 22.3 Å². The van der Waals surface area contributed by atoms with Crippen LogP contribution in [0.4, 0.5) is 5.69 Å². The average molecular weight is 427 g/mol. The Labute approximate surface area is 182 Å². The van der Waals surface area contributed by atoms with E-state index in [1.54, 1.807) is 18.3 Å². The lowest BCUT2D eigenvalue weighted by Gasteiger charge is -2.25.